The zero-order valence-electron chi connectivity index (χ0n) is 40.9. The first-order chi connectivity index (χ1) is 36.2. The molecule has 3 aliphatic rings. The van der Waals surface area contributed by atoms with Crippen LogP contribution in [0.4, 0.5) is 0 Å². The van der Waals surface area contributed by atoms with Gasteiger partial charge in [0, 0.05) is 11.5 Å². The van der Waals surface area contributed by atoms with E-state index in [2.05, 4.69) is 12.1 Å². The monoisotopic (exact) mass is 984 g/mol. The van der Waals surface area contributed by atoms with Crippen molar-refractivity contribution in [1.82, 2.24) is 0 Å². The van der Waals surface area contributed by atoms with Crippen LogP contribution in [-0.4, -0.2) is 75.1 Å². The fraction of sp³-hybridized carbons (Fsp3) is 0.323. The molecule has 0 aliphatic carbocycles. The van der Waals surface area contributed by atoms with E-state index in [9.17, 15) is 0 Å². The van der Waals surface area contributed by atoms with Crippen molar-refractivity contribution in [2.45, 2.75) is 101 Å². The molecular weight excluding hydrogens is 921 g/mol. The van der Waals surface area contributed by atoms with Gasteiger partial charge in [0.25, 0.3) is 0 Å². The van der Waals surface area contributed by atoms with Gasteiger partial charge in [-0.1, -0.05) is 212 Å². The molecular formula is C62H64O11. The highest BCUT2D eigenvalue weighted by Gasteiger charge is 2.54. The Morgan fingerprint density at radius 1 is 0.342 bits per heavy atom. The molecule has 0 saturated carbocycles. The van der Waals surface area contributed by atoms with Crippen LogP contribution in [0.5, 0.6) is 0 Å². The molecule has 3 aliphatic heterocycles. The highest BCUT2D eigenvalue weighted by atomic mass is 16.8. The summed E-state index contributed by atoms with van der Waals surface area (Å²) in [5, 5.41) is 0. The van der Waals surface area contributed by atoms with Crippen molar-refractivity contribution in [3.05, 3.63) is 251 Å². The van der Waals surface area contributed by atoms with E-state index in [0.717, 1.165) is 38.9 Å². The third kappa shape index (κ3) is 14.0. The Morgan fingerprint density at radius 2 is 0.726 bits per heavy atom. The minimum Gasteiger partial charge on any atom is -0.374 e. The van der Waals surface area contributed by atoms with Gasteiger partial charge in [0.2, 0.25) is 0 Å². The maximum atomic E-state index is 7.17. The lowest BCUT2D eigenvalue weighted by Crippen LogP contribution is -2.64. The molecule has 0 spiro atoms. The van der Waals surface area contributed by atoms with Crippen molar-refractivity contribution in [3.8, 4) is 0 Å². The summed E-state index contributed by atoms with van der Waals surface area (Å²) in [4.78, 5) is 0. The Labute approximate surface area is 428 Å². The van der Waals surface area contributed by atoms with E-state index < -0.39 is 67.5 Å². The molecule has 0 aromatic heterocycles. The summed E-state index contributed by atoms with van der Waals surface area (Å²) in [6.07, 6.45) is -6.85. The van der Waals surface area contributed by atoms with Crippen molar-refractivity contribution < 1.29 is 52.1 Å². The first kappa shape index (κ1) is 50.6. The van der Waals surface area contributed by atoms with Gasteiger partial charge in [-0.25, -0.2) is 0 Å². The molecule has 3 unspecified atom stereocenters. The van der Waals surface area contributed by atoms with Gasteiger partial charge >= 0.3 is 0 Å². The van der Waals surface area contributed by atoms with Gasteiger partial charge in [-0.05, 0) is 33.4 Å². The number of hydrogen-bond donors (Lipinski definition) is 0. The highest BCUT2D eigenvalue weighted by molar-refractivity contribution is 5.20. The molecule has 0 amide bonds. The van der Waals surface area contributed by atoms with E-state index >= 15 is 0 Å². The first-order valence-corrected chi connectivity index (χ1v) is 25.3. The summed E-state index contributed by atoms with van der Waals surface area (Å²) < 4.78 is 75.8. The van der Waals surface area contributed by atoms with Crippen LogP contribution in [0.2, 0.25) is 0 Å². The molecule has 11 heteroatoms. The lowest BCUT2D eigenvalue weighted by molar-refractivity contribution is -0.377. The zero-order chi connectivity index (χ0) is 49.3. The molecule has 0 bridgehead atoms. The predicted molar refractivity (Wildman–Crippen MR) is 274 cm³/mol. The molecule has 7 aromatic rings. The average molecular weight is 985 g/mol. The third-order valence-corrected chi connectivity index (χ3v) is 13.4. The van der Waals surface area contributed by atoms with Gasteiger partial charge in [-0.2, -0.15) is 0 Å². The number of hydrogen-bond acceptors (Lipinski definition) is 11. The van der Waals surface area contributed by atoms with E-state index in [1.54, 1.807) is 0 Å². The van der Waals surface area contributed by atoms with Gasteiger partial charge in [0.15, 0.2) is 18.9 Å². The second-order valence-electron chi connectivity index (χ2n) is 18.6. The zero-order valence-corrected chi connectivity index (χ0v) is 40.9. The van der Waals surface area contributed by atoms with Crippen molar-refractivity contribution >= 4 is 0 Å². The predicted octanol–water partition coefficient (Wildman–Crippen LogP) is 11.0. The number of benzene rings is 7. The minimum atomic E-state index is -0.942. The largest absolute Gasteiger partial charge is 0.374 e. The summed E-state index contributed by atoms with van der Waals surface area (Å²) in [5.74, 6) is -0.474. The SMILES string of the molecule is c1ccc(COCC2O[C@@H](OCc3ccccc3)[C@@H](OCc3ccccc3)[C@@H](OCc3ccccc3)[C@@H]2CO[C@H]2OC3COC(c4ccccc4)O[C@H]3[C@H](OCc3ccccc3)[C@H]2OCc2ccccc2)cc1. The maximum Gasteiger partial charge on any atom is 0.187 e. The van der Waals surface area contributed by atoms with Crippen molar-refractivity contribution in [2.24, 2.45) is 5.92 Å². The molecule has 0 radical (unpaired) electrons. The van der Waals surface area contributed by atoms with E-state index in [0.29, 0.717) is 33.0 Å². The van der Waals surface area contributed by atoms with Gasteiger partial charge in [-0.3, -0.25) is 0 Å². The summed E-state index contributed by atoms with van der Waals surface area (Å²) in [6.45, 7) is 2.39. The van der Waals surface area contributed by atoms with Gasteiger partial charge < -0.3 is 52.1 Å². The topological polar surface area (TPSA) is 102 Å². The van der Waals surface area contributed by atoms with Crippen LogP contribution in [-0.2, 0) is 91.7 Å². The summed E-state index contributed by atoms with van der Waals surface area (Å²) >= 11 is 0. The van der Waals surface area contributed by atoms with Gasteiger partial charge in [0.1, 0.15) is 30.5 Å². The fourth-order valence-electron chi connectivity index (χ4n) is 9.57. The number of fused-ring (bicyclic) bond motifs is 1. The minimum absolute atomic E-state index is 0.0996. The molecule has 7 aromatic carbocycles. The first-order valence-electron chi connectivity index (χ1n) is 25.3. The molecule has 10 rings (SSSR count). The van der Waals surface area contributed by atoms with Gasteiger partial charge in [-0.15, -0.1) is 0 Å². The Kier molecular flexibility index (Phi) is 18.3. The Bertz CT molecular complexity index is 2620. The molecule has 0 N–H and O–H groups in total. The highest BCUT2D eigenvalue weighted by Crippen LogP contribution is 2.39. The van der Waals surface area contributed by atoms with Crippen LogP contribution in [0.1, 0.15) is 45.2 Å². The summed E-state index contributed by atoms with van der Waals surface area (Å²) in [6, 6.07) is 70.5. The van der Waals surface area contributed by atoms with E-state index in [1.807, 2.05) is 200 Å². The summed E-state index contributed by atoms with van der Waals surface area (Å²) in [7, 11) is 0. The average Bonchev–Trinajstić information content (AvgIpc) is 3.46. The second-order valence-corrected chi connectivity index (χ2v) is 18.6. The van der Waals surface area contributed by atoms with Crippen LogP contribution >= 0.6 is 0 Å². The van der Waals surface area contributed by atoms with Crippen LogP contribution in [0.3, 0.4) is 0 Å². The number of rotatable bonds is 23. The standard InChI is InChI=1S/C62H64O11/c1-8-22-45(23-9-1)36-63-43-53-52(55(64-37-46-24-10-2-11-25-46)58(66-39-48-28-14-4-15-29-48)61(71-53)68-41-50-32-18-6-19-33-50)42-69-62-59(67-40-49-30-16-5-17-31-49)57(65-38-47-26-12-3-13-27-47)56-54(72-62)44-70-60(73-56)51-34-20-7-21-35-51/h1-35,52-62H,36-44H2/t52-,53?,54?,55+,56-,57+,58+,59-,60?,61-,62+/m1/s1. The Morgan fingerprint density at radius 3 is 1.21 bits per heavy atom. The third-order valence-electron chi connectivity index (χ3n) is 13.4. The van der Waals surface area contributed by atoms with Crippen molar-refractivity contribution in [1.29, 1.82) is 0 Å². The molecule has 73 heavy (non-hydrogen) atoms. The quantitative estimate of drug-likeness (QED) is 0.0612. The van der Waals surface area contributed by atoms with Gasteiger partial charge in [0.05, 0.1) is 71.7 Å². The summed E-state index contributed by atoms with van der Waals surface area (Å²) in [5.41, 5.74) is 6.96. The van der Waals surface area contributed by atoms with Crippen LogP contribution < -0.4 is 0 Å². The van der Waals surface area contributed by atoms with Crippen LogP contribution in [0.25, 0.3) is 0 Å². The second kappa shape index (κ2) is 26.4. The van der Waals surface area contributed by atoms with E-state index in [4.69, 9.17) is 52.1 Å². The molecule has 3 saturated heterocycles. The number of ether oxygens (including phenoxy) is 11. The molecule has 11 nitrogen and oxygen atoms in total. The maximum absolute atomic E-state index is 7.17. The molecule has 378 valence electrons. The van der Waals surface area contributed by atoms with E-state index in [1.165, 1.54) is 0 Å². The smallest absolute Gasteiger partial charge is 0.187 e. The normalized spacial score (nSPS) is 25.9. The molecule has 3 heterocycles. The van der Waals surface area contributed by atoms with Crippen molar-refractivity contribution in [3.63, 3.8) is 0 Å². The molecule has 3 fully saturated rings. The van der Waals surface area contributed by atoms with Crippen molar-refractivity contribution in [2.75, 3.05) is 19.8 Å². The Balaban J connectivity index is 0.988. The fourth-order valence-corrected chi connectivity index (χ4v) is 9.57. The Hall–Kier alpha value is -5.90. The van der Waals surface area contributed by atoms with Crippen LogP contribution in [0.15, 0.2) is 212 Å². The lowest BCUT2D eigenvalue weighted by atomic mass is 9.89. The lowest BCUT2D eigenvalue weighted by Gasteiger charge is -2.50. The molecule has 11 atom stereocenters. The van der Waals surface area contributed by atoms with E-state index in [-0.39, 0.29) is 26.4 Å². The van der Waals surface area contributed by atoms with Crippen LogP contribution in [0, 0.1) is 5.92 Å².